The number of ether oxygens (including phenoxy) is 1. The number of hydrogen-bond acceptors (Lipinski definition) is 3. The summed E-state index contributed by atoms with van der Waals surface area (Å²) < 4.78 is 5.75. The van der Waals surface area contributed by atoms with Crippen molar-refractivity contribution in [2.75, 3.05) is 20.1 Å². The van der Waals surface area contributed by atoms with Gasteiger partial charge in [0.25, 0.3) is 5.91 Å². The van der Waals surface area contributed by atoms with Gasteiger partial charge in [-0.3, -0.25) is 4.79 Å². The van der Waals surface area contributed by atoms with E-state index in [2.05, 4.69) is 24.2 Å². The minimum absolute atomic E-state index is 0.0252. The second-order valence-corrected chi connectivity index (χ2v) is 6.09. The van der Waals surface area contributed by atoms with E-state index in [0.29, 0.717) is 0 Å². The molecule has 1 heterocycles. The smallest absolute Gasteiger partial charge is 0.260 e. The van der Waals surface area contributed by atoms with Gasteiger partial charge < -0.3 is 15.0 Å². The summed E-state index contributed by atoms with van der Waals surface area (Å²) in [5.74, 6) is 0.729. The van der Waals surface area contributed by atoms with Crippen molar-refractivity contribution in [1.29, 1.82) is 0 Å². The van der Waals surface area contributed by atoms with Gasteiger partial charge in [0.05, 0.1) is 0 Å². The molecule has 4 heteroatoms. The summed E-state index contributed by atoms with van der Waals surface area (Å²) in [4.78, 5) is 14.5. The maximum absolute atomic E-state index is 12.2. The van der Waals surface area contributed by atoms with Crippen molar-refractivity contribution in [1.82, 2.24) is 10.2 Å². The van der Waals surface area contributed by atoms with E-state index >= 15 is 0 Å². The Morgan fingerprint density at radius 3 is 2.57 bits per heavy atom. The first-order valence-electron chi connectivity index (χ1n) is 7.68. The quantitative estimate of drug-likeness (QED) is 0.925. The first kappa shape index (κ1) is 15.8. The van der Waals surface area contributed by atoms with Gasteiger partial charge >= 0.3 is 0 Å². The van der Waals surface area contributed by atoms with Crippen LogP contribution in [0.2, 0.25) is 0 Å². The number of amides is 1. The highest BCUT2D eigenvalue weighted by atomic mass is 16.5. The van der Waals surface area contributed by atoms with E-state index in [9.17, 15) is 4.79 Å². The standard InChI is InChI=1S/C17H26N2O2/c1-12-5-6-16(11-13(12)2)21-14(3)17(20)18-15-7-9-19(4)10-8-15/h5-6,11,14-15H,7-10H2,1-4H3,(H,18,20)/t14-/m0/s1. The summed E-state index contributed by atoms with van der Waals surface area (Å²) in [6, 6.07) is 6.20. The van der Waals surface area contributed by atoms with Gasteiger partial charge in [-0.15, -0.1) is 0 Å². The largest absolute Gasteiger partial charge is 0.481 e. The number of likely N-dealkylation sites (tertiary alicyclic amines) is 1. The molecule has 1 saturated heterocycles. The summed E-state index contributed by atoms with van der Waals surface area (Å²) in [6.45, 7) is 8.00. The molecular weight excluding hydrogens is 264 g/mol. The fourth-order valence-corrected chi connectivity index (χ4v) is 2.52. The van der Waals surface area contributed by atoms with Crippen LogP contribution in [0.15, 0.2) is 18.2 Å². The van der Waals surface area contributed by atoms with Gasteiger partial charge in [-0.25, -0.2) is 0 Å². The minimum Gasteiger partial charge on any atom is -0.481 e. The number of piperidine rings is 1. The monoisotopic (exact) mass is 290 g/mol. The Labute approximate surface area is 127 Å². The molecule has 1 aromatic carbocycles. The van der Waals surface area contributed by atoms with Crippen molar-refractivity contribution in [3.8, 4) is 5.75 Å². The topological polar surface area (TPSA) is 41.6 Å². The fourth-order valence-electron chi connectivity index (χ4n) is 2.52. The molecule has 0 saturated carbocycles. The van der Waals surface area contributed by atoms with Crippen LogP contribution in [0.25, 0.3) is 0 Å². The molecular formula is C17H26N2O2. The van der Waals surface area contributed by atoms with Gasteiger partial charge in [-0.2, -0.15) is 0 Å². The number of hydrogen-bond donors (Lipinski definition) is 1. The molecule has 1 amide bonds. The van der Waals surface area contributed by atoms with Crippen molar-refractivity contribution in [3.05, 3.63) is 29.3 Å². The van der Waals surface area contributed by atoms with Crippen LogP contribution in [0.4, 0.5) is 0 Å². The lowest BCUT2D eigenvalue weighted by Crippen LogP contribution is -2.47. The van der Waals surface area contributed by atoms with Gasteiger partial charge in [0.1, 0.15) is 5.75 Å². The predicted octanol–water partition coefficient (Wildman–Crippen LogP) is 2.28. The Bertz CT molecular complexity index is 494. The first-order valence-corrected chi connectivity index (χ1v) is 7.68. The average Bonchev–Trinajstić information content (AvgIpc) is 2.45. The molecule has 1 aromatic rings. The SMILES string of the molecule is Cc1ccc(O[C@@H](C)C(=O)NC2CCN(C)CC2)cc1C. The molecule has 4 nitrogen and oxygen atoms in total. The Hall–Kier alpha value is -1.55. The van der Waals surface area contributed by atoms with E-state index in [-0.39, 0.29) is 11.9 Å². The maximum Gasteiger partial charge on any atom is 0.260 e. The second-order valence-electron chi connectivity index (χ2n) is 6.09. The molecule has 0 radical (unpaired) electrons. The van der Waals surface area contributed by atoms with E-state index in [1.54, 1.807) is 6.92 Å². The van der Waals surface area contributed by atoms with Gasteiger partial charge in [-0.05, 0) is 77.0 Å². The number of nitrogens with zero attached hydrogens (tertiary/aromatic N) is 1. The summed E-state index contributed by atoms with van der Waals surface area (Å²) in [5.41, 5.74) is 2.40. The molecule has 116 valence electrons. The van der Waals surface area contributed by atoms with Gasteiger partial charge in [0.15, 0.2) is 6.10 Å². The van der Waals surface area contributed by atoms with Gasteiger partial charge in [0, 0.05) is 6.04 Å². The fraction of sp³-hybridized carbons (Fsp3) is 0.588. The van der Waals surface area contributed by atoms with Crippen molar-refractivity contribution in [3.63, 3.8) is 0 Å². The Kier molecular flexibility index (Phi) is 5.23. The van der Waals surface area contributed by atoms with Crippen LogP contribution in [-0.2, 0) is 4.79 Å². The van der Waals surface area contributed by atoms with Crippen molar-refractivity contribution < 1.29 is 9.53 Å². The lowest BCUT2D eigenvalue weighted by Gasteiger charge is -2.30. The third kappa shape index (κ3) is 4.46. The van der Waals surface area contributed by atoms with E-state index in [1.807, 2.05) is 25.1 Å². The molecule has 1 N–H and O–H groups in total. The number of aryl methyl sites for hydroxylation is 2. The summed E-state index contributed by atoms with van der Waals surface area (Å²) in [5, 5.41) is 3.09. The molecule has 1 fully saturated rings. The maximum atomic E-state index is 12.2. The first-order chi connectivity index (χ1) is 9.95. The Morgan fingerprint density at radius 1 is 1.29 bits per heavy atom. The lowest BCUT2D eigenvalue weighted by atomic mass is 10.1. The molecule has 21 heavy (non-hydrogen) atoms. The van der Waals surface area contributed by atoms with Gasteiger partial charge in [0.2, 0.25) is 0 Å². The number of rotatable bonds is 4. The van der Waals surface area contributed by atoms with E-state index in [1.165, 1.54) is 11.1 Å². The molecule has 0 aliphatic carbocycles. The Morgan fingerprint density at radius 2 is 1.95 bits per heavy atom. The van der Waals surface area contributed by atoms with Crippen LogP contribution in [-0.4, -0.2) is 43.1 Å². The third-order valence-corrected chi connectivity index (χ3v) is 4.23. The molecule has 2 rings (SSSR count). The molecule has 0 spiro atoms. The molecule has 0 bridgehead atoms. The summed E-state index contributed by atoms with van der Waals surface area (Å²) >= 11 is 0. The summed E-state index contributed by atoms with van der Waals surface area (Å²) in [6.07, 6.45) is 1.56. The van der Waals surface area contributed by atoms with Crippen LogP contribution in [0.1, 0.15) is 30.9 Å². The molecule has 0 aromatic heterocycles. The van der Waals surface area contributed by atoms with E-state index in [0.717, 1.165) is 31.7 Å². The number of carbonyl (C=O) groups excluding carboxylic acids is 1. The van der Waals surface area contributed by atoms with Crippen LogP contribution >= 0.6 is 0 Å². The van der Waals surface area contributed by atoms with E-state index < -0.39 is 6.10 Å². The molecule has 1 aliphatic rings. The normalized spacial score (nSPS) is 18.3. The second kappa shape index (κ2) is 6.94. The highest BCUT2D eigenvalue weighted by Crippen LogP contribution is 2.18. The average molecular weight is 290 g/mol. The molecule has 0 unspecified atom stereocenters. The van der Waals surface area contributed by atoms with Crippen LogP contribution in [0.5, 0.6) is 5.75 Å². The van der Waals surface area contributed by atoms with Crippen LogP contribution in [0, 0.1) is 13.8 Å². The van der Waals surface area contributed by atoms with Crippen molar-refractivity contribution >= 4 is 5.91 Å². The molecule has 1 atom stereocenters. The molecule has 1 aliphatic heterocycles. The number of benzene rings is 1. The minimum atomic E-state index is -0.466. The highest BCUT2D eigenvalue weighted by Gasteiger charge is 2.22. The zero-order chi connectivity index (χ0) is 15.4. The zero-order valence-electron chi connectivity index (χ0n) is 13.5. The lowest BCUT2D eigenvalue weighted by molar-refractivity contribution is -0.128. The van der Waals surface area contributed by atoms with Crippen molar-refractivity contribution in [2.45, 2.75) is 45.8 Å². The third-order valence-electron chi connectivity index (χ3n) is 4.23. The van der Waals surface area contributed by atoms with E-state index in [4.69, 9.17) is 4.74 Å². The van der Waals surface area contributed by atoms with Crippen LogP contribution in [0.3, 0.4) is 0 Å². The van der Waals surface area contributed by atoms with Gasteiger partial charge in [-0.1, -0.05) is 6.07 Å². The predicted molar refractivity (Wildman–Crippen MR) is 84.7 cm³/mol. The number of carbonyl (C=O) groups is 1. The summed E-state index contributed by atoms with van der Waals surface area (Å²) in [7, 11) is 2.11. The number of nitrogens with one attached hydrogen (secondary N) is 1. The van der Waals surface area contributed by atoms with Crippen LogP contribution < -0.4 is 10.1 Å². The highest BCUT2D eigenvalue weighted by molar-refractivity contribution is 5.81. The zero-order valence-corrected chi connectivity index (χ0v) is 13.5. The Balaban J connectivity index is 1.86. The van der Waals surface area contributed by atoms with Crippen molar-refractivity contribution in [2.24, 2.45) is 0 Å².